The Bertz CT molecular complexity index is 758. The Morgan fingerprint density at radius 3 is 2.86 bits per heavy atom. The standard InChI is InChI=1S/C15H13Cl2N3OS/c1-9(11-5-4-10(16)7-12(11)17)18-8-14-19-20-15(21-14)13-3-2-6-22-13/h2-7,9,18H,8H2,1H3. The lowest BCUT2D eigenvalue weighted by atomic mass is 10.1. The SMILES string of the molecule is CC(NCc1nnc(-c2cccs2)o1)c1ccc(Cl)cc1Cl. The molecule has 0 spiro atoms. The molecule has 7 heteroatoms. The first-order chi connectivity index (χ1) is 10.6. The fourth-order valence-corrected chi connectivity index (χ4v) is 3.24. The van der Waals surface area contributed by atoms with E-state index in [1.165, 1.54) is 0 Å². The second-order valence-corrected chi connectivity index (χ2v) is 6.54. The highest BCUT2D eigenvalue weighted by molar-refractivity contribution is 7.13. The van der Waals surface area contributed by atoms with Crippen LogP contribution in [0.3, 0.4) is 0 Å². The van der Waals surface area contributed by atoms with E-state index in [-0.39, 0.29) is 6.04 Å². The number of aromatic nitrogens is 2. The summed E-state index contributed by atoms with van der Waals surface area (Å²) in [6.45, 7) is 2.49. The highest BCUT2D eigenvalue weighted by atomic mass is 35.5. The van der Waals surface area contributed by atoms with Gasteiger partial charge >= 0.3 is 0 Å². The Labute approximate surface area is 142 Å². The van der Waals surface area contributed by atoms with Crippen LogP contribution in [0, 0.1) is 0 Å². The third-order valence-electron chi connectivity index (χ3n) is 3.19. The number of benzene rings is 1. The molecule has 22 heavy (non-hydrogen) atoms. The number of rotatable bonds is 5. The number of nitrogens with one attached hydrogen (secondary N) is 1. The first kappa shape index (κ1) is 15.5. The largest absolute Gasteiger partial charge is 0.419 e. The van der Waals surface area contributed by atoms with Crippen LogP contribution in [0.25, 0.3) is 10.8 Å². The van der Waals surface area contributed by atoms with Gasteiger partial charge in [-0.05, 0) is 36.1 Å². The van der Waals surface area contributed by atoms with Crippen LogP contribution in [0.4, 0.5) is 0 Å². The number of halogens is 2. The van der Waals surface area contributed by atoms with Crippen LogP contribution < -0.4 is 5.32 Å². The molecule has 0 bridgehead atoms. The lowest BCUT2D eigenvalue weighted by molar-refractivity contribution is 0.455. The molecule has 2 heterocycles. The maximum Gasteiger partial charge on any atom is 0.257 e. The summed E-state index contributed by atoms with van der Waals surface area (Å²) in [4.78, 5) is 0.965. The Hall–Kier alpha value is -1.40. The fourth-order valence-electron chi connectivity index (χ4n) is 2.03. The second-order valence-electron chi connectivity index (χ2n) is 4.75. The molecule has 1 N–H and O–H groups in total. The van der Waals surface area contributed by atoms with Crippen molar-refractivity contribution in [2.45, 2.75) is 19.5 Å². The smallest absolute Gasteiger partial charge is 0.257 e. The average Bonchev–Trinajstić information content (AvgIpc) is 3.16. The number of hydrogen-bond acceptors (Lipinski definition) is 5. The van der Waals surface area contributed by atoms with Gasteiger partial charge in [-0.15, -0.1) is 21.5 Å². The maximum absolute atomic E-state index is 6.20. The topological polar surface area (TPSA) is 51.0 Å². The lowest BCUT2D eigenvalue weighted by Gasteiger charge is -2.14. The van der Waals surface area contributed by atoms with E-state index in [1.54, 1.807) is 17.4 Å². The quantitative estimate of drug-likeness (QED) is 0.704. The molecule has 4 nitrogen and oxygen atoms in total. The van der Waals surface area contributed by atoms with Crippen molar-refractivity contribution < 1.29 is 4.42 Å². The minimum Gasteiger partial charge on any atom is -0.419 e. The second kappa shape index (κ2) is 6.79. The normalized spacial score (nSPS) is 12.5. The highest BCUT2D eigenvalue weighted by Crippen LogP contribution is 2.27. The maximum atomic E-state index is 6.20. The Morgan fingerprint density at radius 1 is 1.27 bits per heavy atom. The minimum atomic E-state index is 0.0434. The zero-order valence-electron chi connectivity index (χ0n) is 11.7. The van der Waals surface area contributed by atoms with E-state index in [4.69, 9.17) is 27.6 Å². The molecular weight excluding hydrogens is 341 g/mol. The van der Waals surface area contributed by atoms with E-state index in [1.807, 2.05) is 36.6 Å². The summed E-state index contributed by atoms with van der Waals surface area (Å²) in [6, 6.07) is 9.41. The summed E-state index contributed by atoms with van der Waals surface area (Å²) >= 11 is 13.7. The molecule has 1 atom stereocenters. The summed E-state index contributed by atoms with van der Waals surface area (Å²) in [5.74, 6) is 1.09. The molecule has 0 amide bonds. The van der Waals surface area contributed by atoms with Gasteiger partial charge in [0.05, 0.1) is 11.4 Å². The van der Waals surface area contributed by atoms with Crippen molar-refractivity contribution in [3.63, 3.8) is 0 Å². The number of thiophene rings is 1. The lowest BCUT2D eigenvalue weighted by Crippen LogP contribution is -2.18. The van der Waals surface area contributed by atoms with Crippen LogP contribution in [-0.4, -0.2) is 10.2 Å². The van der Waals surface area contributed by atoms with Crippen molar-refractivity contribution >= 4 is 34.5 Å². The van der Waals surface area contributed by atoms with Gasteiger partial charge in [-0.1, -0.05) is 35.3 Å². The van der Waals surface area contributed by atoms with Gasteiger partial charge in [0, 0.05) is 16.1 Å². The van der Waals surface area contributed by atoms with Crippen molar-refractivity contribution in [2.75, 3.05) is 0 Å². The van der Waals surface area contributed by atoms with E-state index in [0.29, 0.717) is 28.4 Å². The Morgan fingerprint density at radius 2 is 2.14 bits per heavy atom. The summed E-state index contributed by atoms with van der Waals surface area (Å²) in [7, 11) is 0. The molecule has 0 aliphatic rings. The van der Waals surface area contributed by atoms with Gasteiger partial charge < -0.3 is 9.73 Å². The van der Waals surface area contributed by atoms with Crippen LogP contribution in [-0.2, 0) is 6.54 Å². The summed E-state index contributed by atoms with van der Waals surface area (Å²) in [5.41, 5.74) is 0.976. The van der Waals surface area contributed by atoms with Crippen molar-refractivity contribution in [1.29, 1.82) is 0 Å². The molecule has 0 aliphatic carbocycles. The Kier molecular flexibility index (Phi) is 4.78. The van der Waals surface area contributed by atoms with Gasteiger partial charge in [0.25, 0.3) is 5.89 Å². The molecule has 0 saturated carbocycles. The predicted octanol–water partition coefficient (Wildman–Crippen LogP) is 4.96. The van der Waals surface area contributed by atoms with Gasteiger partial charge in [0.2, 0.25) is 5.89 Å². The van der Waals surface area contributed by atoms with Crippen LogP contribution in [0.5, 0.6) is 0 Å². The molecule has 2 aromatic heterocycles. The van der Waals surface area contributed by atoms with E-state index >= 15 is 0 Å². The van der Waals surface area contributed by atoms with Crippen molar-refractivity contribution in [3.8, 4) is 10.8 Å². The van der Waals surface area contributed by atoms with Crippen molar-refractivity contribution in [2.24, 2.45) is 0 Å². The van der Waals surface area contributed by atoms with Gasteiger partial charge in [-0.25, -0.2) is 0 Å². The van der Waals surface area contributed by atoms with Crippen LogP contribution >= 0.6 is 34.5 Å². The molecule has 0 saturated heterocycles. The monoisotopic (exact) mass is 353 g/mol. The molecule has 0 radical (unpaired) electrons. The highest BCUT2D eigenvalue weighted by Gasteiger charge is 2.13. The fraction of sp³-hybridized carbons (Fsp3) is 0.200. The average molecular weight is 354 g/mol. The molecule has 3 rings (SSSR count). The molecule has 3 aromatic rings. The first-order valence-corrected chi connectivity index (χ1v) is 8.31. The van der Waals surface area contributed by atoms with Crippen LogP contribution in [0.15, 0.2) is 40.1 Å². The molecule has 114 valence electrons. The summed E-state index contributed by atoms with van der Waals surface area (Å²) in [5, 5.41) is 14.6. The van der Waals surface area contributed by atoms with Gasteiger partial charge in [0.15, 0.2) is 0 Å². The van der Waals surface area contributed by atoms with E-state index in [2.05, 4.69) is 15.5 Å². The molecule has 1 aromatic carbocycles. The van der Waals surface area contributed by atoms with E-state index in [9.17, 15) is 0 Å². The van der Waals surface area contributed by atoms with E-state index in [0.717, 1.165) is 10.4 Å². The van der Waals surface area contributed by atoms with E-state index < -0.39 is 0 Å². The van der Waals surface area contributed by atoms with Crippen molar-refractivity contribution in [1.82, 2.24) is 15.5 Å². The minimum absolute atomic E-state index is 0.0434. The van der Waals surface area contributed by atoms with Gasteiger partial charge in [-0.3, -0.25) is 0 Å². The first-order valence-electron chi connectivity index (χ1n) is 6.68. The molecule has 0 aliphatic heterocycles. The van der Waals surface area contributed by atoms with Crippen LogP contribution in [0.1, 0.15) is 24.4 Å². The predicted molar refractivity (Wildman–Crippen MR) is 89.3 cm³/mol. The number of nitrogens with zero attached hydrogens (tertiary/aromatic N) is 2. The summed E-state index contributed by atoms with van der Waals surface area (Å²) in [6.07, 6.45) is 0. The third kappa shape index (κ3) is 3.50. The van der Waals surface area contributed by atoms with Crippen LogP contribution in [0.2, 0.25) is 10.0 Å². The number of hydrogen-bond donors (Lipinski definition) is 1. The summed E-state index contributed by atoms with van der Waals surface area (Å²) < 4.78 is 5.64. The molecular formula is C15H13Cl2N3OS. The Balaban J connectivity index is 1.65. The zero-order chi connectivity index (χ0) is 15.5. The van der Waals surface area contributed by atoms with Gasteiger partial charge in [0.1, 0.15) is 0 Å². The molecule has 0 fully saturated rings. The van der Waals surface area contributed by atoms with Crippen molar-refractivity contribution in [3.05, 3.63) is 57.2 Å². The third-order valence-corrected chi connectivity index (χ3v) is 4.61. The zero-order valence-corrected chi connectivity index (χ0v) is 14.0. The van der Waals surface area contributed by atoms with Gasteiger partial charge in [-0.2, -0.15) is 0 Å². The molecule has 1 unspecified atom stereocenters.